The molecule has 8 nitrogen and oxygen atoms in total. The maximum Gasteiger partial charge on any atom is 0.387 e. The largest absolute Gasteiger partial charge is 0.388 e. The summed E-state index contributed by atoms with van der Waals surface area (Å²) in [5.74, 6) is 0. The van der Waals surface area contributed by atoms with Crippen LogP contribution in [0.15, 0.2) is 0 Å². The van der Waals surface area contributed by atoms with Crippen molar-refractivity contribution in [3.05, 3.63) is 0 Å². The van der Waals surface area contributed by atoms with E-state index in [0.717, 1.165) is 11.4 Å². The minimum Gasteiger partial charge on any atom is -0.388 e. The van der Waals surface area contributed by atoms with E-state index in [1.807, 2.05) is 27.7 Å². The monoisotopic (exact) mass is 434 g/mol. The molecule has 2 aliphatic heterocycles. The number of rotatable bonds is 10. The second-order valence-electron chi connectivity index (χ2n) is 7.52. The first-order valence-corrected chi connectivity index (χ1v) is 12.5. The molecule has 4 radical (unpaired) electrons. The van der Waals surface area contributed by atoms with Gasteiger partial charge in [0.2, 0.25) is 0 Å². The van der Waals surface area contributed by atoms with Crippen LogP contribution in [0.1, 0.15) is 34.1 Å². The van der Waals surface area contributed by atoms with E-state index in [0.29, 0.717) is 6.42 Å². The second-order valence-corrected chi connectivity index (χ2v) is 11.5. The highest BCUT2D eigenvalue weighted by Gasteiger charge is 2.44. The average Bonchev–Trinajstić information content (AvgIpc) is 3.04. The summed E-state index contributed by atoms with van der Waals surface area (Å²) >= 11 is 0.787. The van der Waals surface area contributed by atoms with Crippen molar-refractivity contribution in [2.24, 2.45) is 0 Å². The topological polar surface area (TPSA) is 104 Å². The predicted octanol–water partition coefficient (Wildman–Crippen LogP) is 0.962. The maximum atomic E-state index is 12.6. The van der Waals surface area contributed by atoms with Gasteiger partial charge in [-0.3, -0.25) is 4.52 Å². The zero-order valence-electron chi connectivity index (χ0n) is 16.7. The maximum absolute atomic E-state index is 12.6. The standard InChI is InChI=1S/C16H29B2O8PS/c1-8(2)22-6-10-12(5-13(17)25-10)28-27(20,21)23-7-11-15(24-9(3)4)14(19)16(18)26-11/h8-16,19H,5-7H2,1-4H3,(H,20,21)/t10-,11-,12?,13-,14+,15?,16-/m1/s1. The fraction of sp³-hybridized carbons (Fsp3) is 1.00. The van der Waals surface area contributed by atoms with Crippen LogP contribution in [0.4, 0.5) is 0 Å². The van der Waals surface area contributed by atoms with Crippen molar-refractivity contribution in [1.29, 1.82) is 0 Å². The molecule has 0 saturated carbocycles. The quantitative estimate of drug-likeness (QED) is 0.385. The van der Waals surface area contributed by atoms with Gasteiger partial charge in [-0.2, -0.15) is 0 Å². The van der Waals surface area contributed by atoms with Crippen LogP contribution in [0.25, 0.3) is 0 Å². The van der Waals surface area contributed by atoms with Crippen molar-refractivity contribution in [1.82, 2.24) is 0 Å². The molecule has 2 heterocycles. The van der Waals surface area contributed by atoms with E-state index in [4.69, 9.17) is 39.2 Å². The van der Waals surface area contributed by atoms with Crippen LogP contribution in [0.3, 0.4) is 0 Å². The molecule has 0 amide bonds. The van der Waals surface area contributed by atoms with Crippen molar-refractivity contribution < 1.29 is 38.0 Å². The van der Waals surface area contributed by atoms with Gasteiger partial charge in [0.15, 0.2) is 0 Å². The SMILES string of the molecule is [B][C@@H]1O[C@H](COP(=O)(O)SC2C[C@H]([B])O[C@@H]2COC(C)C)C(OC(C)C)[C@@H]1O. The van der Waals surface area contributed by atoms with Crippen LogP contribution in [0.5, 0.6) is 0 Å². The van der Waals surface area contributed by atoms with Gasteiger partial charge in [0, 0.05) is 17.3 Å². The molecule has 2 aliphatic rings. The summed E-state index contributed by atoms with van der Waals surface area (Å²) in [5.41, 5.74) is 0. The van der Waals surface area contributed by atoms with E-state index >= 15 is 0 Å². The van der Waals surface area contributed by atoms with Crippen LogP contribution in [-0.4, -0.2) is 92.8 Å². The molecular weight excluding hydrogens is 405 g/mol. The zero-order chi connectivity index (χ0) is 21.1. The van der Waals surface area contributed by atoms with Gasteiger partial charge in [-0.25, -0.2) is 4.57 Å². The van der Waals surface area contributed by atoms with Crippen LogP contribution in [0, 0.1) is 0 Å². The van der Waals surface area contributed by atoms with E-state index in [2.05, 4.69) is 0 Å². The molecule has 12 heteroatoms. The van der Waals surface area contributed by atoms with Gasteiger partial charge in [0.1, 0.15) is 34.0 Å². The molecule has 2 rings (SSSR count). The molecule has 0 aliphatic carbocycles. The van der Waals surface area contributed by atoms with Crippen molar-refractivity contribution in [3.63, 3.8) is 0 Å². The van der Waals surface area contributed by atoms with E-state index in [9.17, 15) is 14.6 Å². The summed E-state index contributed by atoms with van der Waals surface area (Å²) in [7, 11) is 11.5. The van der Waals surface area contributed by atoms with Crippen molar-refractivity contribution in [2.45, 2.75) is 88.0 Å². The Bertz CT molecular complexity index is 543. The summed E-state index contributed by atoms with van der Waals surface area (Å²) in [6.45, 7) is 3.41. The lowest BCUT2D eigenvalue weighted by Crippen LogP contribution is -2.38. The van der Waals surface area contributed by atoms with Crippen LogP contribution < -0.4 is 0 Å². The molecule has 0 bridgehead atoms. The molecule has 2 fully saturated rings. The van der Waals surface area contributed by atoms with Gasteiger partial charge in [-0.1, -0.05) is 0 Å². The Morgan fingerprint density at radius 2 is 1.82 bits per heavy atom. The summed E-state index contributed by atoms with van der Waals surface area (Å²) in [6, 6.07) is -1.46. The molecule has 0 aromatic rings. The minimum atomic E-state index is -4.04. The number of aliphatic hydroxyl groups excluding tert-OH is 1. The van der Waals surface area contributed by atoms with Gasteiger partial charge in [0.05, 0.1) is 31.5 Å². The van der Waals surface area contributed by atoms with Crippen LogP contribution in [0.2, 0.25) is 0 Å². The molecule has 0 aromatic carbocycles. The van der Waals surface area contributed by atoms with E-state index in [1.54, 1.807) is 0 Å². The van der Waals surface area contributed by atoms with Gasteiger partial charge in [-0.15, -0.1) is 0 Å². The summed E-state index contributed by atoms with van der Waals surface area (Å²) in [5, 5.41) is 9.75. The normalized spacial score (nSPS) is 38.4. The Morgan fingerprint density at radius 1 is 1.14 bits per heavy atom. The highest BCUT2D eigenvalue weighted by atomic mass is 32.7. The van der Waals surface area contributed by atoms with E-state index < -0.39 is 43.2 Å². The Hall–Kier alpha value is 0.430. The third-order valence-electron chi connectivity index (χ3n) is 4.29. The predicted molar refractivity (Wildman–Crippen MR) is 108 cm³/mol. The molecule has 158 valence electrons. The second kappa shape index (κ2) is 10.6. The lowest BCUT2D eigenvalue weighted by atomic mass is 9.93. The van der Waals surface area contributed by atoms with E-state index in [1.165, 1.54) is 0 Å². The fourth-order valence-corrected chi connectivity index (χ4v) is 6.40. The van der Waals surface area contributed by atoms with Crippen LogP contribution >= 0.6 is 18.2 Å². The molecule has 0 aromatic heterocycles. The third kappa shape index (κ3) is 7.29. The molecule has 28 heavy (non-hydrogen) atoms. The summed E-state index contributed by atoms with van der Waals surface area (Å²) < 4.78 is 40.0. The van der Waals surface area contributed by atoms with E-state index in [-0.39, 0.29) is 30.7 Å². The number of hydrogen-bond acceptors (Lipinski definition) is 8. The minimum absolute atomic E-state index is 0.0105. The highest BCUT2D eigenvalue weighted by molar-refractivity contribution is 8.55. The first-order valence-electron chi connectivity index (χ1n) is 9.41. The Labute approximate surface area is 173 Å². The smallest absolute Gasteiger partial charge is 0.387 e. The average molecular weight is 434 g/mol. The fourth-order valence-electron chi connectivity index (χ4n) is 3.05. The van der Waals surface area contributed by atoms with Crippen molar-refractivity contribution >= 4 is 33.9 Å². The van der Waals surface area contributed by atoms with Gasteiger partial charge in [0.25, 0.3) is 0 Å². The Balaban J connectivity index is 1.90. The van der Waals surface area contributed by atoms with Crippen LogP contribution in [-0.2, 0) is 28.0 Å². The Morgan fingerprint density at radius 3 is 2.43 bits per heavy atom. The lowest BCUT2D eigenvalue weighted by Gasteiger charge is -2.25. The molecule has 0 spiro atoms. The number of aliphatic hydroxyl groups is 1. The highest BCUT2D eigenvalue weighted by Crippen LogP contribution is 2.60. The number of hydrogen-bond donors (Lipinski definition) is 2. The molecule has 8 atom stereocenters. The summed E-state index contributed by atoms with van der Waals surface area (Å²) in [6.07, 6.45) is -2.69. The van der Waals surface area contributed by atoms with Crippen molar-refractivity contribution in [3.8, 4) is 0 Å². The van der Waals surface area contributed by atoms with Crippen molar-refractivity contribution in [2.75, 3.05) is 13.2 Å². The molecule has 2 N–H and O–H groups in total. The third-order valence-corrected chi connectivity index (χ3v) is 7.73. The summed E-state index contributed by atoms with van der Waals surface area (Å²) in [4.78, 5) is 10.3. The molecule has 3 unspecified atom stereocenters. The first kappa shape index (κ1) is 24.7. The first-order chi connectivity index (χ1) is 13.0. The Kier molecular flexibility index (Phi) is 9.39. The molecule has 2 saturated heterocycles. The lowest BCUT2D eigenvalue weighted by molar-refractivity contribution is -0.0751. The number of ether oxygens (including phenoxy) is 4. The van der Waals surface area contributed by atoms with Gasteiger partial charge < -0.3 is 28.9 Å². The van der Waals surface area contributed by atoms with Gasteiger partial charge >= 0.3 is 6.80 Å². The van der Waals surface area contributed by atoms with Gasteiger partial charge in [-0.05, 0) is 45.5 Å². The molecular formula is C16H29B2O8PS. The zero-order valence-corrected chi connectivity index (χ0v) is 18.4.